The Morgan fingerprint density at radius 1 is 1.09 bits per heavy atom. The van der Waals surface area contributed by atoms with Crippen LogP contribution in [0, 0.1) is 17.6 Å². The summed E-state index contributed by atoms with van der Waals surface area (Å²) in [5, 5.41) is 8.68. The van der Waals surface area contributed by atoms with Gasteiger partial charge in [0.15, 0.2) is 11.6 Å². The lowest BCUT2D eigenvalue weighted by molar-refractivity contribution is 0.0949. The van der Waals surface area contributed by atoms with Crippen molar-refractivity contribution in [3.63, 3.8) is 0 Å². The van der Waals surface area contributed by atoms with E-state index in [-0.39, 0.29) is 30.2 Å². The molecule has 1 saturated carbocycles. The molecule has 2 aliphatic rings. The molecule has 2 heterocycles. The van der Waals surface area contributed by atoms with Gasteiger partial charge in [-0.25, -0.2) is 13.6 Å². The number of benzene rings is 1. The average Bonchev–Trinajstić information content (AvgIpc) is 3.14. The first-order valence-electron chi connectivity index (χ1n) is 10.9. The van der Waals surface area contributed by atoms with Crippen LogP contribution in [0.3, 0.4) is 0 Å². The zero-order chi connectivity index (χ0) is 22.7. The predicted molar refractivity (Wildman–Crippen MR) is 114 cm³/mol. The van der Waals surface area contributed by atoms with Crippen molar-refractivity contribution in [1.82, 2.24) is 20.5 Å². The molecule has 9 heteroatoms. The van der Waals surface area contributed by atoms with Gasteiger partial charge in [-0.3, -0.25) is 9.59 Å². The molecule has 3 amide bonds. The Balaban J connectivity index is 1.28. The molecule has 1 saturated heterocycles. The van der Waals surface area contributed by atoms with Gasteiger partial charge in [0.2, 0.25) is 0 Å². The number of pyridine rings is 1. The highest BCUT2D eigenvalue weighted by Gasteiger charge is 2.36. The van der Waals surface area contributed by atoms with Crippen LogP contribution in [0.15, 0.2) is 41.3 Å². The number of aromatic nitrogens is 1. The molecule has 1 aliphatic carbocycles. The molecular weight excluding hydrogens is 418 g/mol. The summed E-state index contributed by atoms with van der Waals surface area (Å²) in [6.45, 7) is 0.484. The largest absolute Gasteiger partial charge is 0.352 e. The maximum absolute atomic E-state index is 13.4. The quantitative estimate of drug-likeness (QED) is 0.573. The number of amides is 3. The maximum Gasteiger partial charge on any atom is 0.315 e. The van der Waals surface area contributed by atoms with Gasteiger partial charge in [0, 0.05) is 12.7 Å². The molecule has 3 N–H and O–H groups in total. The van der Waals surface area contributed by atoms with Crippen LogP contribution in [0.5, 0.6) is 0 Å². The number of fused-ring (bicyclic) bond motifs is 1. The molecule has 7 nitrogen and oxygen atoms in total. The number of carbonyl (C=O) groups excluding carboxylic acids is 2. The van der Waals surface area contributed by atoms with E-state index in [1.165, 1.54) is 22.9 Å². The second kappa shape index (κ2) is 9.50. The van der Waals surface area contributed by atoms with Crippen molar-refractivity contribution >= 4 is 11.9 Å². The summed E-state index contributed by atoms with van der Waals surface area (Å²) in [7, 11) is 0. The Morgan fingerprint density at radius 3 is 2.72 bits per heavy atom. The molecule has 0 spiro atoms. The normalized spacial score (nSPS) is 22.1. The summed E-state index contributed by atoms with van der Waals surface area (Å²) >= 11 is 0. The molecule has 32 heavy (non-hydrogen) atoms. The van der Waals surface area contributed by atoms with Gasteiger partial charge in [0.25, 0.3) is 11.5 Å². The van der Waals surface area contributed by atoms with Crippen LogP contribution >= 0.6 is 0 Å². The lowest BCUT2D eigenvalue weighted by Gasteiger charge is -2.30. The van der Waals surface area contributed by atoms with Crippen LogP contribution in [-0.2, 0) is 6.54 Å². The average molecular weight is 444 g/mol. The summed E-state index contributed by atoms with van der Waals surface area (Å²) in [4.78, 5) is 36.6. The molecule has 4 rings (SSSR count). The molecular formula is C23H26F2N4O3. The number of nitrogens with one attached hydrogen (secondary N) is 3. The number of rotatable bonds is 7. The molecule has 1 aromatic carbocycles. The van der Waals surface area contributed by atoms with Crippen molar-refractivity contribution in [3.8, 4) is 0 Å². The molecule has 170 valence electrons. The van der Waals surface area contributed by atoms with Crippen molar-refractivity contribution in [1.29, 1.82) is 0 Å². The molecule has 3 atom stereocenters. The number of urea groups is 1. The topological polar surface area (TPSA) is 92.2 Å². The molecule has 0 bridgehead atoms. The molecule has 0 radical (unpaired) electrons. The minimum atomic E-state index is -0.982. The number of carbonyl (C=O) groups is 2. The Kier molecular flexibility index (Phi) is 6.53. The zero-order valence-corrected chi connectivity index (χ0v) is 17.6. The fourth-order valence-corrected chi connectivity index (χ4v) is 4.59. The van der Waals surface area contributed by atoms with Crippen molar-refractivity contribution < 1.29 is 18.4 Å². The number of halogens is 2. The summed E-state index contributed by atoms with van der Waals surface area (Å²) in [6.07, 6.45) is 6.17. The van der Waals surface area contributed by atoms with Crippen LogP contribution in [0.25, 0.3) is 0 Å². The van der Waals surface area contributed by atoms with E-state index in [1.807, 2.05) is 0 Å². The van der Waals surface area contributed by atoms with E-state index in [0.717, 1.165) is 44.2 Å². The minimum absolute atomic E-state index is 0.00957. The minimum Gasteiger partial charge on any atom is -0.352 e. The van der Waals surface area contributed by atoms with Gasteiger partial charge in [-0.1, -0.05) is 6.07 Å². The first kappa shape index (κ1) is 22.0. The van der Waals surface area contributed by atoms with Crippen LogP contribution < -0.4 is 21.5 Å². The van der Waals surface area contributed by atoms with E-state index < -0.39 is 23.1 Å². The van der Waals surface area contributed by atoms with Gasteiger partial charge in [-0.05, 0) is 67.9 Å². The number of nitrogens with zero attached hydrogens (tertiary/aromatic N) is 1. The third-order valence-corrected chi connectivity index (χ3v) is 6.27. The van der Waals surface area contributed by atoms with E-state index in [2.05, 4.69) is 16.0 Å². The van der Waals surface area contributed by atoms with Gasteiger partial charge in [0.1, 0.15) is 5.56 Å². The lowest BCUT2D eigenvalue weighted by atomic mass is 9.81. The van der Waals surface area contributed by atoms with Crippen molar-refractivity contribution in [2.24, 2.45) is 5.92 Å². The third kappa shape index (κ3) is 4.98. The van der Waals surface area contributed by atoms with Crippen molar-refractivity contribution in [2.75, 3.05) is 6.54 Å². The monoisotopic (exact) mass is 444 g/mol. The molecule has 1 aliphatic heterocycles. The number of hydrogen-bond donors (Lipinski definition) is 3. The summed E-state index contributed by atoms with van der Waals surface area (Å²) in [5.74, 6) is -1.89. The number of hydrogen-bond acceptors (Lipinski definition) is 3. The fourth-order valence-electron chi connectivity index (χ4n) is 4.59. The predicted octanol–water partition coefficient (Wildman–Crippen LogP) is 2.53. The van der Waals surface area contributed by atoms with E-state index in [9.17, 15) is 23.2 Å². The van der Waals surface area contributed by atoms with E-state index in [1.54, 1.807) is 6.07 Å². The fraction of sp³-hybridized carbons (Fsp3) is 0.435. The van der Waals surface area contributed by atoms with E-state index in [0.29, 0.717) is 18.0 Å². The second-order valence-electron chi connectivity index (χ2n) is 8.51. The molecule has 3 unspecified atom stereocenters. The Bertz CT molecular complexity index is 1070. The first-order chi connectivity index (χ1) is 15.4. The van der Waals surface area contributed by atoms with E-state index >= 15 is 0 Å². The van der Waals surface area contributed by atoms with Gasteiger partial charge >= 0.3 is 6.03 Å². The van der Waals surface area contributed by atoms with Crippen LogP contribution in [0.4, 0.5) is 13.6 Å². The highest BCUT2D eigenvalue weighted by atomic mass is 19.2. The van der Waals surface area contributed by atoms with Crippen molar-refractivity contribution in [3.05, 3.63) is 69.6 Å². The highest BCUT2D eigenvalue weighted by molar-refractivity contribution is 5.93. The molecule has 1 aromatic heterocycles. The first-order valence-corrected chi connectivity index (χ1v) is 10.9. The second-order valence-corrected chi connectivity index (χ2v) is 8.51. The summed E-state index contributed by atoms with van der Waals surface area (Å²) < 4.78 is 27.8. The molecule has 2 fully saturated rings. The Labute approximate surface area is 184 Å². The highest BCUT2D eigenvalue weighted by Crippen LogP contribution is 2.29. The zero-order valence-electron chi connectivity index (χ0n) is 17.6. The third-order valence-electron chi connectivity index (χ3n) is 6.27. The van der Waals surface area contributed by atoms with Crippen LogP contribution in [0.1, 0.15) is 48.0 Å². The standard InChI is InChI=1S/C23H26F2N4O3/c24-17-7-5-15(11-18(17)25)13-29-10-2-4-16(22(29)31)21(30)26-9-1-3-14-6-8-19-20(12-14)28-23(32)27-19/h2,4-5,7,10-11,14,19-20H,1,3,6,8-9,12-13H2,(H,26,30)(H2,27,28,32). The lowest BCUT2D eigenvalue weighted by Crippen LogP contribution is -2.39. The molecule has 2 aromatic rings. The van der Waals surface area contributed by atoms with Gasteiger partial charge in [-0.2, -0.15) is 0 Å². The smallest absolute Gasteiger partial charge is 0.315 e. The Hall–Kier alpha value is -3.23. The van der Waals surface area contributed by atoms with Gasteiger partial charge in [-0.15, -0.1) is 0 Å². The van der Waals surface area contributed by atoms with Gasteiger partial charge < -0.3 is 20.5 Å². The van der Waals surface area contributed by atoms with Crippen LogP contribution in [0.2, 0.25) is 0 Å². The SMILES string of the molecule is O=C1NC2CCC(CCCNC(=O)c3cccn(Cc4ccc(F)c(F)c4)c3=O)CC2N1. The van der Waals surface area contributed by atoms with Crippen molar-refractivity contribution in [2.45, 2.75) is 50.7 Å². The summed E-state index contributed by atoms with van der Waals surface area (Å²) in [5.41, 5.74) is -0.0557. The van der Waals surface area contributed by atoms with Crippen LogP contribution in [-0.4, -0.2) is 35.1 Å². The Morgan fingerprint density at radius 2 is 1.91 bits per heavy atom. The van der Waals surface area contributed by atoms with E-state index in [4.69, 9.17) is 0 Å². The summed E-state index contributed by atoms with van der Waals surface area (Å²) in [6, 6.07) is 6.81. The van der Waals surface area contributed by atoms with Gasteiger partial charge in [0.05, 0.1) is 18.6 Å². The maximum atomic E-state index is 13.4.